The molecule has 2 heterocycles. The molecule has 0 radical (unpaired) electrons. The molecule has 0 saturated heterocycles. The number of fused-ring (bicyclic) bond motifs is 2. The van der Waals surface area contributed by atoms with Crippen molar-refractivity contribution in [3.05, 3.63) is 71.4 Å². The molecule has 1 aliphatic rings. The molecular formula is C25H27N2O6S3-. The van der Waals surface area contributed by atoms with Gasteiger partial charge < -0.3 is 14.0 Å². The molecule has 0 spiro atoms. The van der Waals surface area contributed by atoms with Crippen LogP contribution in [-0.4, -0.2) is 44.0 Å². The van der Waals surface area contributed by atoms with Gasteiger partial charge in [-0.25, -0.2) is 16.8 Å². The van der Waals surface area contributed by atoms with Gasteiger partial charge in [-0.1, -0.05) is 36.0 Å². The third-order valence-corrected chi connectivity index (χ3v) is 8.63. The van der Waals surface area contributed by atoms with Gasteiger partial charge in [-0.05, 0) is 49.1 Å². The Bertz CT molecular complexity index is 1490. The van der Waals surface area contributed by atoms with E-state index >= 15 is 0 Å². The monoisotopic (exact) mass is 547 g/mol. The van der Waals surface area contributed by atoms with Gasteiger partial charge in [-0.2, -0.15) is 4.57 Å². The van der Waals surface area contributed by atoms with Gasteiger partial charge >= 0.3 is 0 Å². The third kappa shape index (κ3) is 7.07. The fourth-order valence-corrected chi connectivity index (χ4v) is 6.52. The summed E-state index contributed by atoms with van der Waals surface area (Å²) in [6, 6.07) is 18.0. The number of rotatable bonds is 11. The van der Waals surface area contributed by atoms with Crippen LogP contribution < -0.4 is 9.47 Å². The van der Waals surface area contributed by atoms with Crippen molar-refractivity contribution in [2.75, 3.05) is 23.0 Å². The lowest BCUT2D eigenvalue weighted by Crippen LogP contribution is -2.34. The number of aryl methyl sites for hydroxylation is 1. The summed E-state index contributed by atoms with van der Waals surface area (Å²) in [4.78, 5) is 3.28. The lowest BCUT2D eigenvalue weighted by atomic mass is 10.1. The van der Waals surface area contributed by atoms with Crippen molar-refractivity contribution in [2.24, 2.45) is 0 Å². The van der Waals surface area contributed by atoms with Crippen molar-refractivity contribution in [1.82, 2.24) is 0 Å². The summed E-state index contributed by atoms with van der Waals surface area (Å²) < 4.78 is 67.7. The highest BCUT2D eigenvalue weighted by Gasteiger charge is 2.25. The Morgan fingerprint density at radius 3 is 2.25 bits per heavy atom. The maximum Gasteiger partial charge on any atom is 0.213 e. The highest BCUT2D eigenvalue weighted by atomic mass is 32.2. The molecule has 0 bridgehead atoms. The number of hydrogen-bond acceptors (Lipinski definition) is 8. The minimum Gasteiger partial charge on any atom is -0.748 e. The molecule has 0 amide bonds. The van der Waals surface area contributed by atoms with Gasteiger partial charge in [0, 0.05) is 41.5 Å². The first-order chi connectivity index (χ1) is 17.1. The van der Waals surface area contributed by atoms with Crippen LogP contribution in [0.4, 0.5) is 5.69 Å². The number of nitrogens with zero attached hydrogens (tertiary/aromatic N) is 2. The van der Waals surface area contributed by atoms with Crippen molar-refractivity contribution < 1.29 is 30.5 Å². The highest BCUT2D eigenvalue weighted by molar-refractivity contribution is 8.03. The lowest BCUT2D eigenvalue weighted by Gasteiger charge is -2.21. The normalized spacial score (nSPS) is 15.1. The molecule has 4 rings (SSSR count). The maximum atomic E-state index is 11.0. The molecule has 1 aliphatic heterocycles. The van der Waals surface area contributed by atoms with Gasteiger partial charge in [0.1, 0.15) is 6.54 Å². The zero-order chi connectivity index (χ0) is 25.8. The Hall–Kier alpha value is -2.44. The van der Waals surface area contributed by atoms with Crippen LogP contribution in [0.5, 0.6) is 0 Å². The molecule has 0 N–H and O–H groups in total. The first-order valence-electron chi connectivity index (χ1n) is 11.7. The minimum atomic E-state index is -4.22. The second-order valence-corrected chi connectivity index (χ2v) is 12.7. The van der Waals surface area contributed by atoms with Crippen molar-refractivity contribution in [3.63, 3.8) is 0 Å². The summed E-state index contributed by atoms with van der Waals surface area (Å²) in [5.41, 5.74) is 3.08. The van der Waals surface area contributed by atoms with E-state index in [0.29, 0.717) is 38.8 Å². The number of unbranched alkanes of at least 4 members (excludes halogenated alkanes) is 2. The molecule has 0 atom stereocenters. The van der Waals surface area contributed by atoms with Gasteiger partial charge in [0.05, 0.1) is 36.3 Å². The summed E-state index contributed by atoms with van der Waals surface area (Å²) in [6.45, 7) is 1.20. The van der Waals surface area contributed by atoms with E-state index in [1.165, 1.54) is 0 Å². The molecule has 1 aromatic heterocycles. The van der Waals surface area contributed by atoms with Gasteiger partial charge in [0.2, 0.25) is 5.52 Å². The van der Waals surface area contributed by atoms with E-state index < -0.39 is 20.2 Å². The Kier molecular flexibility index (Phi) is 8.36. The first kappa shape index (κ1) is 26.6. The third-order valence-electron chi connectivity index (χ3n) is 5.94. The van der Waals surface area contributed by atoms with E-state index in [9.17, 15) is 25.9 Å². The van der Waals surface area contributed by atoms with E-state index in [2.05, 4.69) is 21.6 Å². The molecule has 2 aromatic carbocycles. The molecule has 8 nitrogen and oxygen atoms in total. The standard InChI is InChI=1S/C25H28N2O6S3/c28-35(29,30)17-7-5-14-26-16-13-20(21-9-1-2-10-22(21)26)19-25-27(15-6-8-18-36(31,32)33)23-11-3-4-12-24(23)34-25/h1-4,9-13,16,19H,5-8,14-15,17-18H2,(H-,28,29,30,31,32,33)/p-1. The van der Waals surface area contributed by atoms with Crippen LogP contribution >= 0.6 is 11.8 Å². The zero-order valence-electron chi connectivity index (χ0n) is 19.6. The number of para-hydroxylation sites is 2. The predicted molar refractivity (Wildman–Crippen MR) is 139 cm³/mol. The zero-order valence-corrected chi connectivity index (χ0v) is 22.0. The van der Waals surface area contributed by atoms with Gasteiger partial charge in [0.15, 0.2) is 6.20 Å². The largest absolute Gasteiger partial charge is 0.748 e. The molecule has 11 heteroatoms. The fraction of sp³-hybridized carbons (Fsp3) is 0.320. The molecule has 0 fully saturated rings. The van der Waals surface area contributed by atoms with E-state index in [1.807, 2.05) is 54.7 Å². The van der Waals surface area contributed by atoms with Gasteiger partial charge in [-0.15, -0.1) is 0 Å². The molecule has 0 saturated carbocycles. The molecule has 3 aromatic rings. The summed E-state index contributed by atoms with van der Waals surface area (Å²) in [6.07, 6.45) is 5.86. The second-order valence-electron chi connectivity index (χ2n) is 8.62. The molecule has 36 heavy (non-hydrogen) atoms. The van der Waals surface area contributed by atoms with Crippen molar-refractivity contribution in [3.8, 4) is 0 Å². The highest BCUT2D eigenvalue weighted by Crippen LogP contribution is 2.46. The number of pyridine rings is 1. The van der Waals surface area contributed by atoms with Crippen molar-refractivity contribution >= 4 is 54.7 Å². The fourth-order valence-electron chi connectivity index (χ4n) is 4.26. The van der Waals surface area contributed by atoms with Crippen LogP contribution in [0, 0.1) is 0 Å². The number of aromatic nitrogens is 1. The molecule has 0 unspecified atom stereocenters. The van der Waals surface area contributed by atoms with E-state index in [1.54, 1.807) is 11.8 Å². The van der Waals surface area contributed by atoms with E-state index in [0.717, 1.165) is 32.1 Å². The Balaban J connectivity index is 1.58. The first-order valence-corrected chi connectivity index (χ1v) is 15.6. The number of thioether (sulfide) groups is 1. The Labute approximate surface area is 216 Å². The quantitative estimate of drug-likeness (QED) is 0.202. The van der Waals surface area contributed by atoms with E-state index in [4.69, 9.17) is 0 Å². The number of anilines is 1. The van der Waals surface area contributed by atoms with Gasteiger partial charge in [-0.3, -0.25) is 0 Å². The minimum absolute atomic E-state index is 0.310. The topological polar surface area (TPSA) is 122 Å². The maximum absolute atomic E-state index is 11.0. The van der Waals surface area contributed by atoms with Crippen LogP contribution in [0.2, 0.25) is 0 Å². The summed E-state index contributed by atoms with van der Waals surface area (Å²) in [7, 11) is -8.43. The SMILES string of the molecule is O=S(=O)([O-])CCCCN1C(=Cc2cc[n+](CCCCS(=O)(=O)[O-])c3ccccc23)Sc2ccccc21. The smallest absolute Gasteiger partial charge is 0.213 e. The van der Waals surface area contributed by atoms with E-state index in [-0.39, 0.29) is 11.5 Å². The Morgan fingerprint density at radius 2 is 1.50 bits per heavy atom. The van der Waals surface area contributed by atoms with Crippen molar-refractivity contribution in [1.29, 1.82) is 0 Å². The summed E-state index contributed by atoms with van der Waals surface area (Å²) >= 11 is 1.65. The number of hydrogen-bond donors (Lipinski definition) is 0. The molecule has 0 aliphatic carbocycles. The lowest BCUT2D eigenvalue weighted by molar-refractivity contribution is -0.671. The average Bonchev–Trinajstić information content (AvgIpc) is 3.16. The van der Waals surface area contributed by atoms with Crippen LogP contribution in [0.25, 0.3) is 17.0 Å². The second kappa shape index (κ2) is 11.3. The molecular weight excluding hydrogens is 520 g/mol. The predicted octanol–water partition coefficient (Wildman–Crippen LogP) is 3.69. The summed E-state index contributed by atoms with van der Waals surface area (Å²) in [5, 5.41) is 2.06. The van der Waals surface area contributed by atoms with Crippen LogP contribution in [0.1, 0.15) is 31.2 Å². The van der Waals surface area contributed by atoms with Crippen LogP contribution in [-0.2, 0) is 26.8 Å². The Morgan fingerprint density at radius 1 is 0.833 bits per heavy atom. The number of benzene rings is 2. The summed E-state index contributed by atoms with van der Waals surface area (Å²) in [5.74, 6) is -0.719. The average molecular weight is 548 g/mol. The van der Waals surface area contributed by atoms with Gasteiger partial charge in [0.25, 0.3) is 0 Å². The van der Waals surface area contributed by atoms with Crippen LogP contribution in [0.15, 0.2) is 70.7 Å². The van der Waals surface area contributed by atoms with Crippen molar-refractivity contribution in [2.45, 2.75) is 37.1 Å². The van der Waals surface area contributed by atoms with Crippen LogP contribution in [0.3, 0.4) is 0 Å². The molecule has 192 valence electrons.